The highest BCUT2D eigenvalue weighted by molar-refractivity contribution is 7.80. The van der Waals surface area contributed by atoms with E-state index in [4.69, 9.17) is 21.7 Å². The fourth-order valence-corrected chi connectivity index (χ4v) is 1.84. The van der Waals surface area contributed by atoms with Crippen LogP contribution in [0.4, 0.5) is 0 Å². The van der Waals surface area contributed by atoms with E-state index in [-0.39, 0.29) is 12.5 Å². The van der Waals surface area contributed by atoms with Crippen LogP contribution in [0.2, 0.25) is 0 Å². The number of rotatable bonds is 4. The SMILES string of the molecule is CNC(=S)NNC(=O)COc1ccc2ccc(OC)cc2c1. The predicted octanol–water partition coefficient (Wildman–Crippen LogP) is 1.35. The summed E-state index contributed by atoms with van der Waals surface area (Å²) in [5.41, 5.74) is 4.96. The molecule has 0 unspecified atom stereocenters. The number of hydrogen-bond donors (Lipinski definition) is 3. The molecule has 7 heteroatoms. The molecule has 0 aromatic heterocycles. The van der Waals surface area contributed by atoms with Crippen molar-refractivity contribution in [1.29, 1.82) is 0 Å². The normalized spacial score (nSPS) is 9.91. The molecule has 0 aliphatic carbocycles. The molecule has 0 saturated carbocycles. The topological polar surface area (TPSA) is 71.6 Å². The van der Waals surface area contributed by atoms with Crippen molar-refractivity contribution in [2.24, 2.45) is 0 Å². The molecule has 0 radical (unpaired) electrons. The zero-order valence-corrected chi connectivity index (χ0v) is 13.1. The Morgan fingerprint density at radius 2 is 1.77 bits per heavy atom. The van der Waals surface area contributed by atoms with Crippen LogP contribution >= 0.6 is 12.2 Å². The van der Waals surface area contributed by atoms with Crippen molar-refractivity contribution in [3.63, 3.8) is 0 Å². The molecule has 2 aromatic rings. The summed E-state index contributed by atoms with van der Waals surface area (Å²) < 4.78 is 10.7. The Balaban J connectivity index is 1.96. The van der Waals surface area contributed by atoms with E-state index in [0.717, 1.165) is 16.5 Å². The number of benzene rings is 2. The Kier molecular flexibility index (Phi) is 5.37. The third-order valence-corrected chi connectivity index (χ3v) is 3.24. The van der Waals surface area contributed by atoms with E-state index >= 15 is 0 Å². The average molecular weight is 319 g/mol. The molecule has 1 amide bonds. The third-order valence-electron chi connectivity index (χ3n) is 2.93. The molecule has 2 rings (SSSR count). The summed E-state index contributed by atoms with van der Waals surface area (Å²) in [6.07, 6.45) is 0. The van der Waals surface area contributed by atoms with Crippen LogP contribution in [-0.4, -0.2) is 31.8 Å². The smallest absolute Gasteiger partial charge is 0.276 e. The predicted molar refractivity (Wildman–Crippen MR) is 88.9 cm³/mol. The van der Waals surface area contributed by atoms with Crippen molar-refractivity contribution in [2.45, 2.75) is 0 Å². The summed E-state index contributed by atoms with van der Waals surface area (Å²) in [7, 11) is 3.27. The lowest BCUT2D eigenvalue weighted by atomic mass is 10.1. The maximum Gasteiger partial charge on any atom is 0.276 e. The highest BCUT2D eigenvalue weighted by atomic mass is 32.1. The van der Waals surface area contributed by atoms with Crippen molar-refractivity contribution in [3.05, 3.63) is 36.4 Å². The monoisotopic (exact) mass is 319 g/mol. The molecule has 0 bridgehead atoms. The van der Waals surface area contributed by atoms with Gasteiger partial charge in [0.1, 0.15) is 11.5 Å². The van der Waals surface area contributed by atoms with Gasteiger partial charge in [0.05, 0.1) is 7.11 Å². The maximum atomic E-state index is 11.6. The first-order chi connectivity index (χ1) is 10.6. The van der Waals surface area contributed by atoms with Crippen molar-refractivity contribution in [1.82, 2.24) is 16.2 Å². The Morgan fingerprint density at radius 1 is 1.09 bits per heavy atom. The molecule has 2 aromatic carbocycles. The number of carbonyl (C=O) groups is 1. The van der Waals surface area contributed by atoms with Crippen LogP contribution in [0, 0.1) is 0 Å². The standard InChI is InChI=1S/C15H17N3O3S/c1-16-15(22)18-17-14(19)9-21-13-6-4-10-3-5-12(20-2)7-11(10)8-13/h3-8H,9H2,1-2H3,(H,17,19)(H2,16,18,22). The van der Waals surface area contributed by atoms with Crippen molar-refractivity contribution < 1.29 is 14.3 Å². The summed E-state index contributed by atoms with van der Waals surface area (Å²) in [5, 5.41) is 5.05. The van der Waals surface area contributed by atoms with E-state index in [0.29, 0.717) is 10.9 Å². The maximum absolute atomic E-state index is 11.6. The number of hydrazine groups is 1. The molecule has 0 spiro atoms. The average Bonchev–Trinajstić information content (AvgIpc) is 2.56. The van der Waals surface area contributed by atoms with Crippen LogP contribution in [-0.2, 0) is 4.79 Å². The van der Waals surface area contributed by atoms with Crippen LogP contribution in [0.3, 0.4) is 0 Å². The van der Waals surface area contributed by atoms with E-state index < -0.39 is 0 Å². The van der Waals surface area contributed by atoms with Gasteiger partial charge in [-0.1, -0.05) is 12.1 Å². The Labute approximate surface area is 133 Å². The van der Waals surface area contributed by atoms with E-state index in [1.807, 2.05) is 36.4 Å². The van der Waals surface area contributed by atoms with Gasteiger partial charge in [-0.15, -0.1) is 0 Å². The second-order valence-electron chi connectivity index (χ2n) is 4.42. The summed E-state index contributed by atoms with van der Waals surface area (Å²) in [6.45, 7) is -0.116. The number of fused-ring (bicyclic) bond motifs is 1. The largest absolute Gasteiger partial charge is 0.497 e. The molecule has 0 atom stereocenters. The fraction of sp³-hybridized carbons (Fsp3) is 0.200. The second-order valence-corrected chi connectivity index (χ2v) is 4.82. The highest BCUT2D eigenvalue weighted by Crippen LogP contribution is 2.24. The van der Waals surface area contributed by atoms with Crippen LogP contribution in [0.15, 0.2) is 36.4 Å². The van der Waals surface area contributed by atoms with Crippen molar-refractivity contribution in [2.75, 3.05) is 20.8 Å². The van der Waals surface area contributed by atoms with E-state index in [9.17, 15) is 4.79 Å². The molecule has 0 fully saturated rings. The summed E-state index contributed by atoms with van der Waals surface area (Å²) in [6, 6.07) is 11.4. The van der Waals surface area contributed by atoms with Gasteiger partial charge in [-0.3, -0.25) is 15.6 Å². The minimum absolute atomic E-state index is 0.116. The Morgan fingerprint density at radius 3 is 2.45 bits per heavy atom. The number of nitrogens with one attached hydrogen (secondary N) is 3. The first-order valence-electron chi connectivity index (χ1n) is 6.59. The first kappa shape index (κ1) is 15.8. The van der Waals surface area contributed by atoms with Crippen LogP contribution in [0.5, 0.6) is 11.5 Å². The number of carbonyl (C=O) groups excluding carboxylic acids is 1. The highest BCUT2D eigenvalue weighted by Gasteiger charge is 2.04. The Hall–Kier alpha value is -2.54. The molecule has 0 heterocycles. The molecule has 22 heavy (non-hydrogen) atoms. The van der Waals surface area contributed by atoms with Crippen molar-refractivity contribution >= 4 is 34.0 Å². The number of ether oxygens (including phenoxy) is 2. The van der Waals surface area contributed by atoms with Crippen LogP contribution in [0.1, 0.15) is 0 Å². The van der Waals surface area contributed by atoms with Gasteiger partial charge in [-0.2, -0.15) is 0 Å². The zero-order valence-electron chi connectivity index (χ0n) is 12.3. The van der Waals surface area contributed by atoms with Gasteiger partial charge in [0.2, 0.25) is 0 Å². The van der Waals surface area contributed by atoms with Gasteiger partial charge in [0.15, 0.2) is 11.7 Å². The summed E-state index contributed by atoms with van der Waals surface area (Å²) >= 11 is 4.84. The molecule has 0 aliphatic heterocycles. The zero-order chi connectivity index (χ0) is 15.9. The minimum atomic E-state index is -0.330. The molecule has 0 saturated heterocycles. The molecular formula is C15H17N3O3S. The van der Waals surface area contributed by atoms with Gasteiger partial charge in [0, 0.05) is 7.05 Å². The number of amides is 1. The number of thiocarbonyl (C=S) groups is 1. The van der Waals surface area contributed by atoms with E-state index in [1.54, 1.807) is 14.2 Å². The third kappa shape index (κ3) is 4.23. The second kappa shape index (κ2) is 7.46. The molecular weight excluding hydrogens is 302 g/mol. The molecule has 116 valence electrons. The fourth-order valence-electron chi connectivity index (χ4n) is 1.79. The Bertz CT molecular complexity index is 691. The van der Waals surface area contributed by atoms with E-state index in [2.05, 4.69) is 16.2 Å². The van der Waals surface area contributed by atoms with E-state index in [1.165, 1.54) is 0 Å². The number of hydrogen-bond acceptors (Lipinski definition) is 4. The quantitative estimate of drug-likeness (QED) is 0.584. The van der Waals surface area contributed by atoms with Gasteiger partial charge >= 0.3 is 0 Å². The summed E-state index contributed by atoms with van der Waals surface area (Å²) in [4.78, 5) is 11.6. The van der Waals surface area contributed by atoms with Gasteiger partial charge in [0.25, 0.3) is 5.91 Å². The lowest BCUT2D eigenvalue weighted by Gasteiger charge is -2.10. The molecule has 6 nitrogen and oxygen atoms in total. The summed E-state index contributed by atoms with van der Waals surface area (Å²) in [5.74, 6) is 1.04. The minimum Gasteiger partial charge on any atom is -0.497 e. The van der Waals surface area contributed by atoms with Crippen LogP contribution in [0.25, 0.3) is 10.8 Å². The lowest BCUT2D eigenvalue weighted by Crippen LogP contribution is -2.47. The van der Waals surface area contributed by atoms with Crippen LogP contribution < -0.4 is 25.6 Å². The van der Waals surface area contributed by atoms with Gasteiger partial charge < -0.3 is 14.8 Å². The first-order valence-corrected chi connectivity index (χ1v) is 7.00. The van der Waals surface area contributed by atoms with Gasteiger partial charge in [-0.05, 0) is 47.3 Å². The van der Waals surface area contributed by atoms with Gasteiger partial charge in [-0.25, -0.2) is 0 Å². The number of methoxy groups -OCH3 is 1. The van der Waals surface area contributed by atoms with Crippen molar-refractivity contribution in [3.8, 4) is 11.5 Å². The lowest BCUT2D eigenvalue weighted by molar-refractivity contribution is -0.123. The molecule has 0 aliphatic rings. The molecule has 3 N–H and O–H groups in total.